The zero-order chi connectivity index (χ0) is 25.3. The lowest BCUT2D eigenvalue weighted by Gasteiger charge is -2.22. The molecule has 0 saturated carbocycles. The van der Waals surface area contributed by atoms with Gasteiger partial charge in [0.1, 0.15) is 12.4 Å². The first-order chi connectivity index (χ1) is 17.6. The highest BCUT2D eigenvalue weighted by atomic mass is 16.2. The Balaban J connectivity index is 1.34. The topological polar surface area (TPSA) is 67.2 Å². The van der Waals surface area contributed by atoms with Crippen molar-refractivity contribution in [3.05, 3.63) is 95.8 Å². The van der Waals surface area contributed by atoms with Crippen LogP contribution in [0.4, 0.5) is 5.69 Å². The van der Waals surface area contributed by atoms with Crippen LogP contribution in [0.1, 0.15) is 47.9 Å². The molecule has 0 radical (unpaired) electrons. The molecule has 0 aliphatic carbocycles. The Bertz CT molecular complexity index is 1300. The number of carbonyl (C=O) groups is 2. The van der Waals surface area contributed by atoms with Gasteiger partial charge in [-0.05, 0) is 63.1 Å². The Morgan fingerprint density at radius 1 is 0.889 bits per heavy atom. The van der Waals surface area contributed by atoms with E-state index in [0.29, 0.717) is 18.7 Å². The highest BCUT2D eigenvalue weighted by Crippen LogP contribution is 2.20. The lowest BCUT2D eigenvalue weighted by molar-refractivity contribution is -0.119. The van der Waals surface area contributed by atoms with Gasteiger partial charge in [0.15, 0.2) is 0 Å². The molecule has 0 spiro atoms. The average molecular weight is 483 g/mol. The number of rotatable bonds is 11. The fourth-order valence-corrected chi connectivity index (χ4v) is 4.42. The molecular formula is C30H34N4O2. The SMILES string of the molecule is CCN(C(=O)Cn1c(CCCCCNC(=O)c2ccc(C)cc2)nc2ccccc21)c1ccccc1. The summed E-state index contributed by atoms with van der Waals surface area (Å²) < 4.78 is 2.06. The summed E-state index contributed by atoms with van der Waals surface area (Å²) in [5.41, 5.74) is 4.63. The zero-order valence-corrected chi connectivity index (χ0v) is 21.1. The molecule has 0 aliphatic heterocycles. The first-order valence-electron chi connectivity index (χ1n) is 12.7. The minimum Gasteiger partial charge on any atom is -0.352 e. The van der Waals surface area contributed by atoms with E-state index in [1.54, 1.807) is 0 Å². The number of likely N-dealkylation sites (N-methyl/N-ethyl adjacent to an activating group) is 1. The van der Waals surface area contributed by atoms with Crippen LogP contribution in [0.5, 0.6) is 0 Å². The van der Waals surface area contributed by atoms with Gasteiger partial charge in [0, 0.05) is 30.8 Å². The van der Waals surface area contributed by atoms with Crippen molar-refractivity contribution in [2.75, 3.05) is 18.0 Å². The van der Waals surface area contributed by atoms with Crippen molar-refractivity contribution in [2.45, 2.75) is 46.1 Å². The summed E-state index contributed by atoms with van der Waals surface area (Å²) in [4.78, 5) is 32.2. The molecule has 2 amide bonds. The maximum absolute atomic E-state index is 13.3. The van der Waals surface area contributed by atoms with Crippen LogP contribution in [-0.4, -0.2) is 34.5 Å². The van der Waals surface area contributed by atoms with Gasteiger partial charge in [0.2, 0.25) is 5.91 Å². The van der Waals surface area contributed by atoms with E-state index in [9.17, 15) is 9.59 Å². The predicted octanol–water partition coefficient (Wildman–Crippen LogP) is 5.54. The monoisotopic (exact) mass is 482 g/mol. The van der Waals surface area contributed by atoms with Gasteiger partial charge in [-0.3, -0.25) is 9.59 Å². The lowest BCUT2D eigenvalue weighted by atomic mass is 10.1. The van der Waals surface area contributed by atoms with Gasteiger partial charge in [0.25, 0.3) is 5.91 Å². The largest absolute Gasteiger partial charge is 0.352 e. The van der Waals surface area contributed by atoms with E-state index in [1.165, 1.54) is 0 Å². The van der Waals surface area contributed by atoms with E-state index < -0.39 is 0 Å². The Morgan fingerprint density at radius 3 is 2.36 bits per heavy atom. The van der Waals surface area contributed by atoms with Crippen LogP contribution in [0, 0.1) is 6.92 Å². The van der Waals surface area contributed by atoms with E-state index in [1.807, 2.05) is 97.6 Å². The molecule has 186 valence electrons. The number of aryl methyl sites for hydroxylation is 2. The number of benzene rings is 3. The fraction of sp³-hybridized carbons (Fsp3) is 0.300. The zero-order valence-electron chi connectivity index (χ0n) is 21.1. The number of nitrogens with one attached hydrogen (secondary N) is 1. The Kier molecular flexibility index (Phi) is 8.50. The number of anilines is 1. The third-order valence-corrected chi connectivity index (χ3v) is 6.39. The van der Waals surface area contributed by atoms with Crippen molar-refractivity contribution in [1.82, 2.24) is 14.9 Å². The number of fused-ring (bicyclic) bond motifs is 1. The van der Waals surface area contributed by atoms with E-state index in [2.05, 4.69) is 9.88 Å². The lowest BCUT2D eigenvalue weighted by Crippen LogP contribution is -2.34. The fourth-order valence-electron chi connectivity index (χ4n) is 4.42. The average Bonchev–Trinajstić information content (AvgIpc) is 3.24. The molecular weight excluding hydrogens is 448 g/mol. The third kappa shape index (κ3) is 6.19. The third-order valence-electron chi connectivity index (χ3n) is 6.39. The van der Waals surface area contributed by atoms with Crippen LogP contribution in [0.15, 0.2) is 78.9 Å². The molecule has 4 rings (SSSR count). The van der Waals surface area contributed by atoms with Crippen LogP contribution in [0.3, 0.4) is 0 Å². The molecule has 1 N–H and O–H groups in total. The van der Waals surface area contributed by atoms with Crippen LogP contribution in [0.25, 0.3) is 11.0 Å². The summed E-state index contributed by atoms with van der Waals surface area (Å²) in [6.07, 6.45) is 3.59. The van der Waals surface area contributed by atoms with Crippen LogP contribution in [-0.2, 0) is 17.8 Å². The number of nitrogens with zero attached hydrogens (tertiary/aromatic N) is 3. The van der Waals surface area contributed by atoms with Crippen molar-refractivity contribution < 1.29 is 9.59 Å². The number of aromatic nitrogens is 2. The van der Waals surface area contributed by atoms with Gasteiger partial charge >= 0.3 is 0 Å². The second-order valence-electron chi connectivity index (χ2n) is 9.01. The molecule has 1 aromatic heterocycles. The summed E-state index contributed by atoms with van der Waals surface area (Å²) >= 11 is 0. The quantitative estimate of drug-likeness (QED) is 0.285. The van der Waals surface area contributed by atoms with Gasteiger partial charge in [-0.2, -0.15) is 0 Å². The predicted molar refractivity (Wildman–Crippen MR) is 145 cm³/mol. The number of hydrogen-bond donors (Lipinski definition) is 1. The van der Waals surface area contributed by atoms with Gasteiger partial charge in [0.05, 0.1) is 11.0 Å². The highest BCUT2D eigenvalue weighted by Gasteiger charge is 2.18. The van der Waals surface area contributed by atoms with E-state index in [4.69, 9.17) is 4.98 Å². The molecule has 0 atom stereocenters. The van der Waals surface area contributed by atoms with Crippen LogP contribution < -0.4 is 10.2 Å². The summed E-state index contributed by atoms with van der Waals surface area (Å²) in [7, 11) is 0. The van der Waals surface area contributed by atoms with Crippen molar-refractivity contribution in [3.8, 4) is 0 Å². The van der Waals surface area contributed by atoms with Crippen LogP contribution >= 0.6 is 0 Å². The normalized spacial score (nSPS) is 10.9. The summed E-state index contributed by atoms with van der Waals surface area (Å²) in [6.45, 7) is 5.51. The van der Waals surface area contributed by atoms with E-state index >= 15 is 0 Å². The van der Waals surface area contributed by atoms with E-state index in [-0.39, 0.29) is 18.4 Å². The maximum Gasteiger partial charge on any atom is 0.251 e. The number of imidazole rings is 1. The smallest absolute Gasteiger partial charge is 0.251 e. The van der Waals surface area contributed by atoms with Crippen molar-refractivity contribution >= 4 is 28.5 Å². The minimum absolute atomic E-state index is 0.0331. The summed E-state index contributed by atoms with van der Waals surface area (Å²) in [5.74, 6) is 0.943. The van der Waals surface area contributed by atoms with Crippen molar-refractivity contribution in [1.29, 1.82) is 0 Å². The molecule has 3 aromatic carbocycles. The second-order valence-corrected chi connectivity index (χ2v) is 9.01. The highest BCUT2D eigenvalue weighted by molar-refractivity contribution is 5.94. The van der Waals surface area contributed by atoms with Crippen molar-refractivity contribution in [3.63, 3.8) is 0 Å². The first-order valence-corrected chi connectivity index (χ1v) is 12.7. The number of para-hydroxylation sites is 3. The van der Waals surface area contributed by atoms with E-state index in [0.717, 1.165) is 53.8 Å². The second kappa shape index (κ2) is 12.2. The maximum atomic E-state index is 13.3. The molecule has 36 heavy (non-hydrogen) atoms. The first kappa shape index (κ1) is 25.2. The Morgan fingerprint density at radius 2 is 1.61 bits per heavy atom. The van der Waals surface area contributed by atoms with Gasteiger partial charge < -0.3 is 14.8 Å². The molecule has 6 heteroatoms. The molecule has 0 fully saturated rings. The molecule has 0 bridgehead atoms. The number of unbranched alkanes of at least 4 members (excludes halogenated alkanes) is 2. The molecule has 0 aliphatic rings. The van der Waals surface area contributed by atoms with Gasteiger partial charge in [-0.1, -0.05) is 54.4 Å². The van der Waals surface area contributed by atoms with Crippen LogP contribution in [0.2, 0.25) is 0 Å². The standard InChI is InChI=1S/C30H34N4O2/c1-3-33(25-12-6-4-7-13-25)29(35)22-34-27-15-10-9-14-26(27)32-28(34)16-8-5-11-21-31-30(36)24-19-17-23(2)18-20-24/h4,6-7,9-10,12-15,17-20H,3,5,8,11,16,21-22H2,1-2H3,(H,31,36). The molecule has 4 aromatic rings. The van der Waals surface area contributed by atoms with Crippen molar-refractivity contribution in [2.24, 2.45) is 0 Å². The van der Waals surface area contributed by atoms with Gasteiger partial charge in [-0.25, -0.2) is 4.98 Å². The molecule has 6 nitrogen and oxygen atoms in total. The summed E-state index contributed by atoms with van der Waals surface area (Å²) in [6, 6.07) is 25.4. The summed E-state index contributed by atoms with van der Waals surface area (Å²) in [5, 5.41) is 3.00. The number of amides is 2. The van der Waals surface area contributed by atoms with Gasteiger partial charge in [-0.15, -0.1) is 0 Å². The molecule has 0 unspecified atom stereocenters. The number of carbonyl (C=O) groups excluding carboxylic acids is 2. The Labute approximate surface area is 213 Å². The Hall–Kier alpha value is -3.93. The minimum atomic E-state index is -0.0331. The molecule has 0 saturated heterocycles. The number of hydrogen-bond acceptors (Lipinski definition) is 3. The molecule has 1 heterocycles.